The van der Waals surface area contributed by atoms with Crippen molar-refractivity contribution >= 4 is 33.4 Å². The van der Waals surface area contributed by atoms with E-state index >= 15 is 0 Å². The highest BCUT2D eigenvalue weighted by Gasteiger charge is 2.10. The van der Waals surface area contributed by atoms with E-state index in [0.29, 0.717) is 11.5 Å². The molecule has 0 saturated carbocycles. The Morgan fingerprint density at radius 2 is 1.87 bits per heavy atom. The standard InChI is InChI=1S/C17H12F2N4/c1-23-15-6-7-20-9-12(15)11-3-5-16(22-17(11)23)21-10-2-4-13(18)14(19)8-10/h2-9H,1H3,(H,21,22). The number of anilines is 2. The highest BCUT2D eigenvalue weighted by molar-refractivity contribution is 6.06. The molecule has 3 aromatic heterocycles. The summed E-state index contributed by atoms with van der Waals surface area (Å²) in [5, 5.41) is 5.01. The van der Waals surface area contributed by atoms with E-state index in [2.05, 4.69) is 15.3 Å². The summed E-state index contributed by atoms with van der Waals surface area (Å²) >= 11 is 0. The highest BCUT2D eigenvalue weighted by Crippen LogP contribution is 2.28. The molecule has 0 radical (unpaired) electrons. The first kappa shape index (κ1) is 13.6. The molecule has 0 aliphatic carbocycles. The smallest absolute Gasteiger partial charge is 0.160 e. The Labute approximate surface area is 130 Å². The van der Waals surface area contributed by atoms with Crippen molar-refractivity contribution in [3.8, 4) is 0 Å². The first-order valence-corrected chi connectivity index (χ1v) is 7.05. The molecular weight excluding hydrogens is 298 g/mol. The zero-order chi connectivity index (χ0) is 16.0. The van der Waals surface area contributed by atoms with Crippen LogP contribution in [-0.2, 0) is 7.05 Å². The Morgan fingerprint density at radius 1 is 1.00 bits per heavy atom. The van der Waals surface area contributed by atoms with Crippen LogP contribution < -0.4 is 5.32 Å². The van der Waals surface area contributed by atoms with Crippen molar-refractivity contribution in [3.05, 3.63) is 60.4 Å². The summed E-state index contributed by atoms with van der Waals surface area (Å²) in [5.41, 5.74) is 2.27. The van der Waals surface area contributed by atoms with Crippen LogP contribution in [0.2, 0.25) is 0 Å². The van der Waals surface area contributed by atoms with Crippen LogP contribution in [-0.4, -0.2) is 14.5 Å². The summed E-state index contributed by atoms with van der Waals surface area (Å²) in [6, 6.07) is 9.32. The van der Waals surface area contributed by atoms with Crippen LogP contribution in [0.1, 0.15) is 0 Å². The minimum absolute atomic E-state index is 0.441. The van der Waals surface area contributed by atoms with Gasteiger partial charge in [0, 0.05) is 42.0 Å². The SMILES string of the molecule is Cn1c2ccncc2c2ccc(Nc3ccc(F)c(F)c3)nc21. The zero-order valence-electron chi connectivity index (χ0n) is 12.2. The number of aryl methyl sites for hydroxylation is 1. The first-order chi connectivity index (χ1) is 11.1. The third kappa shape index (κ3) is 2.19. The number of benzene rings is 1. The third-order valence-corrected chi connectivity index (χ3v) is 3.83. The van der Waals surface area contributed by atoms with E-state index in [1.165, 1.54) is 6.07 Å². The summed E-state index contributed by atoms with van der Waals surface area (Å²) in [5.74, 6) is -1.21. The lowest BCUT2D eigenvalue weighted by atomic mass is 10.2. The largest absolute Gasteiger partial charge is 0.340 e. The predicted molar refractivity (Wildman–Crippen MR) is 85.7 cm³/mol. The van der Waals surface area contributed by atoms with Crippen molar-refractivity contribution in [2.45, 2.75) is 0 Å². The molecule has 0 amide bonds. The molecule has 0 fully saturated rings. The fourth-order valence-corrected chi connectivity index (χ4v) is 2.71. The Balaban J connectivity index is 1.81. The summed E-state index contributed by atoms with van der Waals surface area (Å²) in [4.78, 5) is 8.72. The van der Waals surface area contributed by atoms with Crippen LogP contribution >= 0.6 is 0 Å². The molecule has 0 bridgehead atoms. The lowest BCUT2D eigenvalue weighted by molar-refractivity contribution is 0.509. The third-order valence-electron chi connectivity index (χ3n) is 3.83. The summed E-state index contributed by atoms with van der Waals surface area (Å²) in [6.07, 6.45) is 3.55. The fraction of sp³-hybridized carbons (Fsp3) is 0.0588. The number of halogens is 2. The van der Waals surface area contributed by atoms with Crippen LogP contribution in [0.3, 0.4) is 0 Å². The number of pyridine rings is 2. The lowest BCUT2D eigenvalue weighted by Gasteiger charge is -2.06. The average molecular weight is 310 g/mol. The molecule has 0 atom stereocenters. The van der Waals surface area contributed by atoms with Gasteiger partial charge in [-0.1, -0.05) is 0 Å². The van der Waals surface area contributed by atoms with Gasteiger partial charge in [0.05, 0.1) is 5.52 Å². The molecule has 4 rings (SSSR count). The van der Waals surface area contributed by atoms with Crippen LogP contribution in [0.4, 0.5) is 20.3 Å². The van der Waals surface area contributed by atoms with E-state index in [9.17, 15) is 8.78 Å². The van der Waals surface area contributed by atoms with E-state index in [-0.39, 0.29) is 0 Å². The number of nitrogens with zero attached hydrogens (tertiary/aromatic N) is 3. The molecule has 0 saturated heterocycles. The second-order valence-electron chi connectivity index (χ2n) is 5.27. The molecule has 0 aliphatic heterocycles. The zero-order valence-corrected chi connectivity index (χ0v) is 12.2. The predicted octanol–water partition coefficient (Wildman–Crippen LogP) is 4.14. The van der Waals surface area contributed by atoms with Gasteiger partial charge in [-0.25, -0.2) is 13.8 Å². The van der Waals surface area contributed by atoms with E-state index < -0.39 is 11.6 Å². The van der Waals surface area contributed by atoms with Crippen molar-refractivity contribution in [1.29, 1.82) is 0 Å². The van der Waals surface area contributed by atoms with Gasteiger partial charge in [-0.05, 0) is 30.3 Å². The molecule has 0 unspecified atom stereocenters. The van der Waals surface area contributed by atoms with Crippen LogP contribution in [0.5, 0.6) is 0 Å². The van der Waals surface area contributed by atoms with Gasteiger partial charge < -0.3 is 9.88 Å². The monoisotopic (exact) mass is 310 g/mol. The topological polar surface area (TPSA) is 42.7 Å². The number of nitrogens with one attached hydrogen (secondary N) is 1. The maximum atomic E-state index is 13.3. The molecule has 1 aromatic carbocycles. The molecule has 0 spiro atoms. The molecule has 1 N–H and O–H groups in total. The van der Waals surface area contributed by atoms with Crippen molar-refractivity contribution in [1.82, 2.24) is 14.5 Å². The number of hydrogen-bond acceptors (Lipinski definition) is 3. The number of hydrogen-bond donors (Lipinski definition) is 1. The van der Waals surface area contributed by atoms with E-state index in [0.717, 1.165) is 34.1 Å². The van der Waals surface area contributed by atoms with Gasteiger partial charge >= 0.3 is 0 Å². The first-order valence-electron chi connectivity index (χ1n) is 7.05. The van der Waals surface area contributed by atoms with Crippen molar-refractivity contribution < 1.29 is 8.78 Å². The van der Waals surface area contributed by atoms with Crippen molar-refractivity contribution in [2.24, 2.45) is 7.05 Å². The normalized spacial score (nSPS) is 11.3. The van der Waals surface area contributed by atoms with Gasteiger partial charge in [0.1, 0.15) is 11.5 Å². The Kier molecular flexibility index (Phi) is 2.97. The second kappa shape index (κ2) is 5.01. The van der Waals surface area contributed by atoms with Gasteiger partial charge in [-0.3, -0.25) is 4.98 Å². The minimum atomic E-state index is -0.897. The molecule has 23 heavy (non-hydrogen) atoms. The van der Waals surface area contributed by atoms with Gasteiger partial charge in [0.25, 0.3) is 0 Å². The Hall–Kier alpha value is -3.02. The maximum absolute atomic E-state index is 13.3. The molecule has 4 nitrogen and oxygen atoms in total. The van der Waals surface area contributed by atoms with Crippen LogP contribution in [0.15, 0.2) is 48.8 Å². The number of fused-ring (bicyclic) bond motifs is 3. The summed E-state index contributed by atoms with van der Waals surface area (Å²) in [6.45, 7) is 0. The van der Waals surface area contributed by atoms with E-state index in [1.54, 1.807) is 12.3 Å². The molecular formula is C17H12F2N4. The maximum Gasteiger partial charge on any atom is 0.160 e. The van der Waals surface area contributed by atoms with Crippen LogP contribution in [0, 0.1) is 11.6 Å². The Bertz CT molecular complexity index is 1040. The molecule has 114 valence electrons. The van der Waals surface area contributed by atoms with Gasteiger partial charge in [-0.15, -0.1) is 0 Å². The average Bonchev–Trinajstić information content (AvgIpc) is 2.84. The minimum Gasteiger partial charge on any atom is -0.340 e. The second-order valence-corrected chi connectivity index (χ2v) is 5.27. The van der Waals surface area contributed by atoms with Crippen LogP contribution in [0.25, 0.3) is 21.9 Å². The van der Waals surface area contributed by atoms with Gasteiger partial charge in [0.15, 0.2) is 11.6 Å². The Morgan fingerprint density at radius 3 is 2.70 bits per heavy atom. The van der Waals surface area contributed by atoms with E-state index in [1.807, 2.05) is 29.9 Å². The number of rotatable bonds is 2. The van der Waals surface area contributed by atoms with Crippen molar-refractivity contribution in [2.75, 3.05) is 5.32 Å². The van der Waals surface area contributed by atoms with Gasteiger partial charge in [0.2, 0.25) is 0 Å². The molecule has 0 aliphatic rings. The molecule has 3 heterocycles. The molecule has 6 heteroatoms. The summed E-state index contributed by atoms with van der Waals surface area (Å²) in [7, 11) is 1.93. The lowest BCUT2D eigenvalue weighted by Crippen LogP contribution is -1.97. The quantitative estimate of drug-likeness (QED) is 0.605. The number of aromatic nitrogens is 3. The highest BCUT2D eigenvalue weighted by atomic mass is 19.2. The fourth-order valence-electron chi connectivity index (χ4n) is 2.71. The van der Waals surface area contributed by atoms with Gasteiger partial charge in [-0.2, -0.15) is 0 Å². The molecule has 4 aromatic rings. The summed E-state index contributed by atoms with van der Waals surface area (Å²) < 4.78 is 28.3. The van der Waals surface area contributed by atoms with E-state index in [4.69, 9.17) is 0 Å². The van der Waals surface area contributed by atoms with Crippen molar-refractivity contribution in [3.63, 3.8) is 0 Å².